The van der Waals surface area contributed by atoms with Crippen LogP contribution in [0.5, 0.6) is 5.75 Å². The number of phenols is 1. The number of aldehydes is 1. The zero-order chi connectivity index (χ0) is 10.3. The number of aryl methyl sites for hydroxylation is 1. The Morgan fingerprint density at radius 3 is 2.79 bits per heavy atom. The Balaban J connectivity index is 2.96. The van der Waals surface area contributed by atoms with Crippen LogP contribution in [0.1, 0.15) is 16.1 Å². The zero-order valence-electron chi connectivity index (χ0n) is 8.11. The summed E-state index contributed by atoms with van der Waals surface area (Å²) in [5, 5.41) is 10.1. The van der Waals surface area contributed by atoms with E-state index in [1.165, 1.54) is 0 Å². The fourth-order valence-corrected chi connectivity index (χ4v) is 1.74. The van der Waals surface area contributed by atoms with E-state index >= 15 is 0 Å². The molecule has 0 fully saturated rings. The Bertz CT molecular complexity index is 511. The molecule has 0 spiro atoms. The summed E-state index contributed by atoms with van der Waals surface area (Å²) in [6.45, 7) is 1.89. The molecule has 1 aromatic carbocycles. The number of rotatable bonds is 1. The lowest BCUT2D eigenvalue weighted by Crippen LogP contribution is -1.91. The number of aromatic nitrogens is 1. The van der Waals surface area contributed by atoms with Gasteiger partial charge in [0.15, 0.2) is 6.29 Å². The highest BCUT2D eigenvalue weighted by atomic mass is 16.3. The van der Waals surface area contributed by atoms with Crippen LogP contribution in [0.15, 0.2) is 18.2 Å². The zero-order valence-corrected chi connectivity index (χ0v) is 8.11. The molecular weight excluding hydrogens is 178 g/mol. The fraction of sp³-hybridized carbons (Fsp3) is 0.182. The summed E-state index contributed by atoms with van der Waals surface area (Å²) < 4.78 is 1.94. The van der Waals surface area contributed by atoms with Gasteiger partial charge in [0.1, 0.15) is 5.75 Å². The van der Waals surface area contributed by atoms with Crippen molar-refractivity contribution in [2.45, 2.75) is 6.92 Å². The number of phenolic OH excluding ortho intramolecular Hbond substituents is 1. The quantitative estimate of drug-likeness (QED) is 0.697. The third-order valence-electron chi connectivity index (χ3n) is 2.64. The first-order valence-electron chi connectivity index (χ1n) is 4.38. The van der Waals surface area contributed by atoms with Gasteiger partial charge in [-0.15, -0.1) is 0 Å². The second-order valence-corrected chi connectivity index (χ2v) is 3.38. The van der Waals surface area contributed by atoms with E-state index in [2.05, 4.69) is 0 Å². The fourth-order valence-electron chi connectivity index (χ4n) is 1.74. The van der Waals surface area contributed by atoms with E-state index in [9.17, 15) is 9.90 Å². The van der Waals surface area contributed by atoms with Crippen LogP contribution >= 0.6 is 0 Å². The van der Waals surface area contributed by atoms with E-state index in [4.69, 9.17) is 0 Å². The molecule has 0 saturated carbocycles. The van der Waals surface area contributed by atoms with Gasteiger partial charge < -0.3 is 9.67 Å². The molecule has 0 amide bonds. The van der Waals surface area contributed by atoms with Gasteiger partial charge in [0, 0.05) is 29.2 Å². The third-order valence-corrected chi connectivity index (χ3v) is 2.64. The number of carbonyl (C=O) groups excluding carboxylic acids is 1. The Morgan fingerprint density at radius 1 is 1.43 bits per heavy atom. The minimum absolute atomic E-state index is 0.186. The molecule has 0 saturated heterocycles. The summed E-state index contributed by atoms with van der Waals surface area (Å²) in [7, 11) is 1.90. The third kappa shape index (κ3) is 1.02. The Labute approximate surface area is 81.6 Å². The number of aromatic hydroxyl groups is 1. The van der Waals surface area contributed by atoms with Gasteiger partial charge in [-0.2, -0.15) is 0 Å². The first-order valence-corrected chi connectivity index (χ1v) is 4.38. The molecule has 0 aliphatic carbocycles. The van der Waals surface area contributed by atoms with Crippen LogP contribution < -0.4 is 0 Å². The standard InChI is InChI=1S/C11H11NO2/c1-7-10(6-13)9-5-8(14)3-4-11(9)12(7)2/h3-6,14H,1-2H3. The van der Waals surface area contributed by atoms with Gasteiger partial charge >= 0.3 is 0 Å². The maximum absolute atomic E-state index is 10.9. The van der Waals surface area contributed by atoms with Crippen molar-refractivity contribution in [2.75, 3.05) is 0 Å². The van der Waals surface area contributed by atoms with Crippen molar-refractivity contribution in [1.29, 1.82) is 0 Å². The van der Waals surface area contributed by atoms with Crippen LogP contribution in [0.25, 0.3) is 10.9 Å². The second-order valence-electron chi connectivity index (χ2n) is 3.38. The Morgan fingerprint density at radius 2 is 2.14 bits per heavy atom. The summed E-state index contributed by atoms with van der Waals surface area (Å²) in [4.78, 5) is 10.9. The van der Waals surface area contributed by atoms with Gasteiger partial charge in [0.25, 0.3) is 0 Å². The lowest BCUT2D eigenvalue weighted by molar-refractivity contribution is 0.112. The molecule has 0 aliphatic heterocycles. The maximum atomic E-state index is 10.9. The highest BCUT2D eigenvalue weighted by Gasteiger charge is 2.10. The molecule has 72 valence electrons. The lowest BCUT2D eigenvalue weighted by Gasteiger charge is -1.97. The lowest BCUT2D eigenvalue weighted by atomic mass is 10.1. The molecule has 2 aromatic rings. The van der Waals surface area contributed by atoms with Crippen molar-refractivity contribution in [3.63, 3.8) is 0 Å². The largest absolute Gasteiger partial charge is 0.508 e. The topological polar surface area (TPSA) is 42.2 Å². The first-order chi connectivity index (χ1) is 6.65. The molecule has 0 bridgehead atoms. The van der Waals surface area contributed by atoms with Crippen molar-refractivity contribution >= 4 is 17.2 Å². The molecule has 3 nitrogen and oxygen atoms in total. The highest BCUT2D eigenvalue weighted by molar-refractivity contribution is 5.99. The molecule has 2 rings (SSSR count). The first kappa shape index (κ1) is 8.81. The molecule has 1 heterocycles. The Kier molecular flexibility index (Phi) is 1.81. The van der Waals surface area contributed by atoms with E-state index in [1.54, 1.807) is 12.1 Å². The van der Waals surface area contributed by atoms with Crippen LogP contribution in [0.2, 0.25) is 0 Å². The molecule has 14 heavy (non-hydrogen) atoms. The van der Waals surface area contributed by atoms with Crippen molar-refractivity contribution in [2.24, 2.45) is 7.05 Å². The average molecular weight is 189 g/mol. The van der Waals surface area contributed by atoms with Gasteiger partial charge in [-0.05, 0) is 25.1 Å². The van der Waals surface area contributed by atoms with E-state index in [-0.39, 0.29) is 5.75 Å². The van der Waals surface area contributed by atoms with E-state index in [1.807, 2.05) is 24.6 Å². The minimum atomic E-state index is 0.186. The molecular formula is C11H11NO2. The molecule has 1 aromatic heterocycles. The van der Waals surface area contributed by atoms with Gasteiger partial charge in [0.2, 0.25) is 0 Å². The molecule has 3 heteroatoms. The normalized spacial score (nSPS) is 10.7. The van der Waals surface area contributed by atoms with Gasteiger partial charge in [0.05, 0.1) is 0 Å². The van der Waals surface area contributed by atoms with Crippen LogP contribution in [0.4, 0.5) is 0 Å². The summed E-state index contributed by atoms with van der Waals surface area (Å²) in [5.41, 5.74) is 2.53. The van der Waals surface area contributed by atoms with E-state index in [0.717, 1.165) is 22.9 Å². The highest BCUT2D eigenvalue weighted by Crippen LogP contribution is 2.26. The number of carbonyl (C=O) groups is 1. The number of nitrogens with zero attached hydrogens (tertiary/aromatic N) is 1. The van der Waals surface area contributed by atoms with Crippen LogP contribution in [-0.4, -0.2) is 16.0 Å². The van der Waals surface area contributed by atoms with Gasteiger partial charge in [-0.25, -0.2) is 0 Å². The van der Waals surface area contributed by atoms with Crippen molar-refractivity contribution in [3.05, 3.63) is 29.5 Å². The van der Waals surface area contributed by atoms with Crippen LogP contribution in [-0.2, 0) is 7.05 Å². The van der Waals surface area contributed by atoms with Gasteiger partial charge in [-0.3, -0.25) is 4.79 Å². The summed E-state index contributed by atoms with van der Waals surface area (Å²) >= 11 is 0. The predicted octanol–water partition coefficient (Wildman–Crippen LogP) is 2.00. The molecule has 0 unspecified atom stereocenters. The maximum Gasteiger partial charge on any atom is 0.152 e. The van der Waals surface area contributed by atoms with Crippen molar-refractivity contribution < 1.29 is 9.90 Å². The summed E-state index contributed by atoms with van der Waals surface area (Å²) in [6.07, 6.45) is 0.830. The number of benzene rings is 1. The SMILES string of the molecule is Cc1c(C=O)c2cc(O)ccc2n1C. The van der Waals surface area contributed by atoms with E-state index in [0.29, 0.717) is 5.56 Å². The van der Waals surface area contributed by atoms with Crippen LogP contribution in [0.3, 0.4) is 0 Å². The molecule has 1 N–H and O–H groups in total. The average Bonchev–Trinajstić information content (AvgIpc) is 2.39. The Hall–Kier alpha value is -1.77. The molecule has 0 aliphatic rings. The monoisotopic (exact) mass is 189 g/mol. The molecule has 0 atom stereocenters. The van der Waals surface area contributed by atoms with Crippen LogP contribution in [0, 0.1) is 6.92 Å². The van der Waals surface area contributed by atoms with E-state index < -0.39 is 0 Å². The minimum Gasteiger partial charge on any atom is -0.508 e. The van der Waals surface area contributed by atoms with Crippen molar-refractivity contribution in [1.82, 2.24) is 4.57 Å². The smallest absolute Gasteiger partial charge is 0.152 e. The molecule has 0 radical (unpaired) electrons. The second kappa shape index (κ2) is 2.87. The van der Waals surface area contributed by atoms with Gasteiger partial charge in [-0.1, -0.05) is 0 Å². The number of hydrogen-bond donors (Lipinski definition) is 1. The summed E-state index contributed by atoms with van der Waals surface area (Å²) in [5.74, 6) is 0.186. The summed E-state index contributed by atoms with van der Waals surface area (Å²) in [6, 6.07) is 5.05. The van der Waals surface area contributed by atoms with Crippen molar-refractivity contribution in [3.8, 4) is 5.75 Å². The number of hydrogen-bond acceptors (Lipinski definition) is 2. The predicted molar refractivity (Wildman–Crippen MR) is 54.7 cm³/mol. The number of fused-ring (bicyclic) bond motifs is 1.